The fourth-order valence-electron chi connectivity index (χ4n) is 0.779. The van der Waals surface area contributed by atoms with Gasteiger partial charge in [0.1, 0.15) is 12.1 Å². The van der Waals surface area contributed by atoms with Crippen LogP contribution in [0.15, 0.2) is 17.0 Å². The quantitative estimate of drug-likeness (QED) is 0.868. The number of anilines is 1. The molecule has 84 valence electrons. The molecule has 15 heavy (non-hydrogen) atoms. The van der Waals surface area contributed by atoms with Crippen LogP contribution in [0.5, 0.6) is 0 Å². The van der Waals surface area contributed by atoms with Crippen LogP contribution in [0.25, 0.3) is 0 Å². The summed E-state index contributed by atoms with van der Waals surface area (Å²) >= 11 is 3.11. The Morgan fingerprint density at radius 3 is 2.80 bits per heavy atom. The van der Waals surface area contributed by atoms with Crippen LogP contribution < -0.4 is 5.32 Å². The number of nitrogens with one attached hydrogen (secondary N) is 1. The first kappa shape index (κ1) is 12.6. The highest BCUT2D eigenvalue weighted by Gasteiger charge is 2.27. The zero-order valence-electron chi connectivity index (χ0n) is 7.38. The second-order valence-corrected chi connectivity index (χ2v) is 4.45. The summed E-state index contributed by atoms with van der Waals surface area (Å²) in [6.45, 7) is 0.194. The highest BCUT2D eigenvalue weighted by atomic mass is 79.9. The van der Waals surface area contributed by atoms with Gasteiger partial charge in [0.2, 0.25) is 0 Å². The summed E-state index contributed by atoms with van der Waals surface area (Å²) in [6, 6.07) is 0. The van der Waals surface area contributed by atoms with E-state index in [-0.39, 0.29) is 24.1 Å². The van der Waals surface area contributed by atoms with Gasteiger partial charge in [-0.2, -0.15) is 13.2 Å². The summed E-state index contributed by atoms with van der Waals surface area (Å²) < 4.78 is 35.9. The van der Waals surface area contributed by atoms with Crippen molar-refractivity contribution in [1.82, 2.24) is 9.97 Å². The lowest BCUT2D eigenvalue weighted by Crippen LogP contribution is -2.10. The Morgan fingerprint density at radius 2 is 2.20 bits per heavy atom. The molecule has 3 nitrogen and oxygen atoms in total. The molecule has 1 heterocycles. The predicted molar refractivity (Wildman–Crippen MR) is 56.7 cm³/mol. The van der Waals surface area contributed by atoms with E-state index in [0.717, 1.165) is 0 Å². The van der Waals surface area contributed by atoms with Gasteiger partial charge in [0, 0.05) is 18.5 Å². The molecule has 1 rings (SSSR count). The molecule has 0 fully saturated rings. The maximum Gasteiger partial charge on any atom is 0.441 e. The average molecular weight is 302 g/mol. The number of halogens is 4. The van der Waals surface area contributed by atoms with Crippen molar-refractivity contribution in [3.63, 3.8) is 0 Å². The van der Waals surface area contributed by atoms with E-state index < -0.39 is 5.51 Å². The zero-order valence-corrected chi connectivity index (χ0v) is 9.79. The average Bonchev–Trinajstić information content (AvgIpc) is 2.13. The molecule has 1 N–H and O–H groups in total. The lowest BCUT2D eigenvalue weighted by Gasteiger charge is -2.07. The Morgan fingerprint density at radius 1 is 1.47 bits per heavy atom. The predicted octanol–water partition coefficient (Wildman–Crippen LogP) is 2.90. The number of alkyl halides is 3. The third kappa shape index (κ3) is 5.22. The molecule has 0 aromatic carbocycles. The van der Waals surface area contributed by atoms with E-state index in [1.165, 1.54) is 12.5 Å². The molecule has 0 radical (unpaired) electrons. The summed E-state index contributed by atoms with van der Waals surface area (Å²) in [5.74, 6) is 0.438. The lowest BCUT2D eigenvalue weighted by molar-refractivity contribution is -0.0327. The molecule has 0 aliphatic rings. The van der Waals surface area contributed by atoms with E-state index in [0.29, 0.717) is 10.3 Å². The lowest BCUT2D eigenvalue weighted by atomic mass is 10.5. The third-order valence-corrected chi connectivity index (χ3v) is 2.64. The van der Waals surface area contributed by atoms with Gasteiger partial charge in [-0.1, -0.05) is 0 Å². The first-order valence-corrected chi connectivity index (χ1v) is 5.67. The van der Waals surface area contributed by atoms with E-state index in [2.05, 4.69) is 31.2 Å². The summed E-state index contributed by atoms with van der Waals surface area (Å²) in [6.07, 6.45) is 2.84. The molecule has 0 saturated carbocycles. The van der Waals surface area contributed by atoms with Crippen LogP contribution in [0.1, 0.15) is 0 Å². The first-order valence-electron chi connectivity index (χ1n) is 3.89. The van der Waals surface area contributed by atoms with Gasteiger partial charge in [-0.15, -0.1) is 0 Å². The minimum Gasteiger partial charge on any atom is -0.368 e. The number of hydrogen-bond acceptors (Lipinski definition) is 4. The fraction of sp³-hybridized carbons (Fsp3) is 0.429. The van der Waals surface area contributed by atoms with E-state index in [1.54, 1.807) is 0 Å². The molecule has 0 unspecified atom stereocenters. The topological polar surface area (TPSA) is 37.8 Å². The monoisotopic (exact) mass is 301 g/mol. The molecule has 0 aliphatic heterocycles. The Hall–Kier alpha value is -0.500. The molecule has 0 saturated heterocycles. The van der Waals surface area contributed by atoms with E-state index in [4.69, 9.17) is 0 Å². The van der Waals surface area contributed by atoms with Gasteiger partial charge >= 0.3 is 5.51 Å². The smallest absolute Gasteiger partial charge is 0.368 e. The molecule has 0 spiro atoms. The highest BCUT2D eigenvalue weighted by molar-refractivity contribution is 9.10. The highest BCUT2D eigenvalue weighted by Crippen LogP contribution is 2.29. The third-order valence-electron chi connectivity index (χ3n) is 1.33. The van der Waals surface area contributed by atoms with Crippen LogP contribution in [0.2, 0.25) is 0 Å². The summed E-state index contributed by atoms with van der Waals surface area (Å²) in [7, 11) is 0. The zero-order chi connectivity index (χ0) is 11.3. The van der Waals surface area contributed by atoms with Gasteiger partial charge < -0.3 is 5.32 Å². The molecular weight excluding hydrogens is 295 g/mol. The van der Waals surface area contributed by atoms with Gasteiger partial charge in [-0.25, -0.2) is 9.97 Å². The molecule has 1 aromatic rings. The van der Waals surface area contributed by atoms with Crippen molar-refractivity contribution in [1.29, 1.82) is 0 Å². The number of rotatable bonds is 4. The van der Waals surface area contributed by atoms with Crippen LogP contribution in [-0.4, -0.2) is 27.8 Å². The summed E-state index contributed by atoms with van der Waals surface area (Å²) in [4.78, 5) is 7.58. The number of nitrogens with zero attached hydrogens (tertiary/aromatic N) is 2. The van der Waals surface area contributed by atoms with E-state index >= 15 is 0 Å². The van der Waals surface area contributed by atoms with E-state index in [1.807, 2.05) is 0 Å². The molecule has 0 aliphatic carbocycles. The van der Waals surface area contributed by atoms with Crippen LogP contribution in [0.3, 0.4) is 0 Å². The molecular formula is C7H7BrF3N3S. The minimum absolute atomic E-state index is 0.0556. The van der Waals surface area contributed by atoms with Crippen molar-refractivity contribution in [2.24, 2.45) is 0 Å². The summed E-state index contributed by atoms with van der Waals surface area (Å²) in [5, 5.41) is 2.77. The maximum atomic E-state index is 11.8. The number of aromatic nitrogens is 2. The Balaban J connectivity index is 2.30. The molecule has 0 atom stereocenters. The number of thioether (sulfide) groups is 1. The Bertz CT molecular complexity index is 321. The van der Waals surface area contributed by atoms with Crippen LogP contribution >= 0.6 is 27.7 Å². The second-order valence-electron chi connectivity index (χ2n) is 2.44. The standard InChI is InChI=1S/C7H7BrF3N3S/c8-5-3-12-4-14-6(5)13-1-2-15-7(9,10)11/h3-4H,1-2H2,(H,12,13,14). The van der Waals surface area contributed by atoms with Crippen molar-refractivity contribution in [2.45, 2.75) is 5.51 Å². The summed E-state index contributed by atoms with van der Waals surface area (Å²) in [5.41, 5.74) is -4.18. The Labute approximate surface area is 97.0 Å². The van der Waals surface area contributed by atoms with Crippen molar-refractivity contribution in [3.05, 3.63) is 17.0 Å². The largest absolute Gasteiger partial charge is 0.441 e. The van der Waals surface area contributed by atoms with Gasteiger partial charge in [-0.3, -0.25) is 0 Å². The first-order chi connectivity index (χ1) is 6.99. The minimum atomic E-state index is -4.18. The van der Waals surface area contributed by atoms with Crippen LogP contribution in [-0.2, 0) is 0 Å². The van der Waals surface area contributed by atoms with Gasteiger partial charge in [-0.05, 0) is 27.7 Å². The Kier molecular flexibility index (Phi) is 4.65. The normalized spacial score (nSPS) is 11.5. The van der Waals surface area contributed by atoms with Gasteiger partial charge in [0.15, 0.2) is 0 Å². The SMILES string of the molecule is FC(F)(F)SCCNc1ncncc1Br. The van der Waals surface area contributed by atoms with Gasteiger partial charge in [0.05, 0.1) is 4.47 Å². The van der Waals surface area contributed by atoms with Crippen molar-refractivity contribution in [3.8, 4) is 0 Å². The number of hydrogen-bond donors (Lipinski definition) is 1. The molecule has 0 bridgehead atoms. The van der Waals surface area contributed by atoms with Crippen molar-refractivity contribution in [2.75, 3.05) is 17.6 Å². The van der Waals surface area contributed by atoms with Crippen LogP contribution in [0.4, 0.5) is 19.0 Å². The molecule has 1 aromatic heterocycles. The van der Waals surface area contributed by atoms with Gasteiger partial charge in [0.25, 0.3) is 0 Å². The molecule has 0 amide bonds. The molecule has 8 heteroatoms. The second kappa shape index (κ2) is 5.55. The fourth-order valence-corrected chi connectivity index (χ4v) is 1.58. The maximum absolute atomic E-state index is 11.8. The van der Waals surface area contributed by atoms with Crippen LogP contribution in [0, 0.1) is 0 Å². The van der Waals surface area contributed by atoms with Crippen molar-refractivity contribution >= 4 is 33.5 Å². The van der Waals surface area contributed by atoms with Crippen molar-refractivity contribution < 1.29 is 13.2 Å². The van der Waals surface area contributed by atoms with E-state index in [9.17, 15) is 13.2 Å².